The summed E-state index contributed by atoms with van der Waals surface area (Å²) in [5.74, 6) is 0. The molecule has 0 amide bonds. The van der Waals surface area contributed by atoms with Gasteiger partial charge in [0, 0.05) is 12.4 Å². The zero-order valence-electron chi connectivity index (χ0n) is 10.00. The number of rotatable bonds is 3. The smallest absolute Gasteiger partial charge is 0.296 e. The first-order chi connectivity index (χ1) is 8.83. The molecule has 4 nitrogen and oxygen atoms in total. The lowest BCUT2D eigenvalue weighted by Crippen LogP contribution is -2.06. The van der Waals surface area contributed by atoms with Crippen LogP contribution in [0.15, 0.2) is 53.2 Å². The molecular formula is C14H13N3O. The molecule has 2 heterocycles. The summed E-state index contributed by atoms with van der Waals surface area (Å²) in [4.78, 5) is 8.48. The summed E-state index contributed by atoms with van der Waals surface area (Å²) in [6.45, 7) is 2.05. The maximum atomic E-state index is 5.62. The summed E-state index contributed by atoms with van der Waals surface area (Å²) in [6.07, 6.45) is 3.59. The van der Waals surface area contributed by atoms with Gasteiger partial charge in [0.15, 0.2) is 5.58 Å². The number of nitrogens with one attached hydrogen (secondary N) is 1. The standard InChI is InChI=1S/C14H13N3O/c1-10(11-5-4-8-15-9-11)16-14-17-12-6-2-3-7-13(12)18-14/h2-10H,1H3,(H,16,17). The fourth-order valence-corrected chi connectivity index (χ4v) is 1.83. The predicted molar refractivity (Wildman–Crippen MR) is 70.3 cm³/mol. The quantitative estimate of drug-likeness (QED) is 0.761. The summed E-state index contributed by atoms with van der Waals surface area (Å²) >= 11 is 0. The van der Waals surface area contributed by atoms with Crippen molar-refractivity contribution in [2.45, 2.75) is 13.0 Å². The summed E-state index contributed by atoms with van der Waals surface area (Å²) < 4.78 is 5.62. The van der Waals surface area contributed by atoms with E-state index < -0.39 is 0 Å². The Kier molecular flexibility index (Phi) is 2.68. The Morgan fingerprint density at radius 3 is 2.83 bits per heavy atom. The van der Waals surface area contributed by atoms with E-state index >= 15 is 0 Å². The van der Waals surface area contributed by atoms with E-state index in [1.165, 1.54) is 0 Å². The van der Waals surface area contributed by atoms with Crippen LogP contribution < -0.4 is 5.32 Å². The Morgan fingerprint density at radius 2 is 2.06 bits per heavy atom. The molecule has 2 aromatic heterocycles. The normalized spacial score (nSPS) is 12.5. The fourth-order valence-electron chi connectivity index (χ4n) is 1.83. The first-order valence-electron chi connectivity index (χ1n) is 5.85. The SMILES string of the molecule is CC(Nc1nc2ccccc2o1)c1cccnc1. The lowest BCUT2D eigenvalue weighted by molar-refractivity contribution is 0.604. The van der Waals surface area contributed by atoms with Gasteiger partial charge in [0.2, 0.25) is 0 Å². The van der Waals surface area contributed by atoms with Gasteiger partial charge < -0.3 is 9.73 Å². The van der Waals surface area contributed by atoms with Gasteiger partial charge in [0.1, 0.15) is 5.52 Å². The molecule has 0 aliphatic heterocycles. The molecule has 0 radical (unpaired) electrons. The third-order valence-corrected chi connectivity index (χ3v) is 2.82. The van der Waals surface area contributed by atoms with Gasteiger partial charge in [-0.1, -0.05) is 18.2 Å². The van der Waals surface area contributed by atoms with E-state index in [1.807, 2.05) is 49.5 Å². The number of nitrogens with zero attached hydrogens (tertiary/aromatic N) is 2. The van der Waals surface area contributed by atoms with Gasteiger partial charge in [-0.3, -0.25) is 4.98 Å². The molecule has 1 aromatic carbocycles. The van der Waals surface area contributed by atoms with Gasteiger partial charge in [-0.05, 0) is 30.7 Å². The second kappa shape index (κ2) is 4.49. The van der Waals surface area contributed by atoms with E-state index in [1.54, 1.807) is 6.20 Å². The molecule has 0 fully saturated rings. The topological polar surface area (TPSA) is 51.0 Å². The molecule has 0 saturated carbocycles. The van der Waals surface area contributed by atoms with Crippen LogP contribution in [0.3, 0.4) is 0 Å². The van der Waals surface area contributed by atoms with Crippen molar-refractivity contribution in [3.63, 3.8) is 0 Å². The number of aromatic nitrogens is 2. The van der Waals surface area contributed by atoms with Crippen LogP contribution in [0.2, 0.25) is 0 Å². The molecule has 3 rings (SSSR count). The van der Waals surface area contributed by atoms with Gasteiger partial charge in [-0.25, -0.2) is 0 Å². The summed E-state index contributed by atoms with van der Waals surface area (Å²) in [5, 5.41) is 3.23. The van der Waals surface area contributed by atoms with Crippen molar-refractivity contribution in [2.75, 3.05) is 5.32 Å². The van der Waals surface area contributed by atoms with Crippen molar-refractivity contribution < 1.29 is 4.42 Å². The van der Waals surface area contributed by atoms with Crippen LogP contribution in [0.1, 0.15) is 18.5 Å². The lowest BCUT2D eigenvalue weighted by atomic mass is 10.1. The van der Waals surface area contributed by atoms with Gasteiger partial charge in [-0.15, -0.1) is 0 Å². The minimum Gasteiger partial charge on any atom is -0.424 e. The van der Waals surface area contributed by atoms with E-state index in [-0.39, 0.29) is 6.04 Å². The lowest BCUT2D eigenvalue weighted by Gasteiger charge is -2.11. The molecule has 0 bridgehead atoms. The second-order valence-electron chi connectivity index (χ2n) is 4.14. The molecule has 0 saturated heterocycles. The van der Waals surface area contributed by atoms with E-state index in [4.69, 9.17) is 4.42 Å². The highest BCUT2D eigenvalue weighted by molar-refractivity contribution is 5.74. The summed E-state index contributed by atoms with van der Waals surface area (Å²) in [5.41, 5.74) is 2.75. The second-order valence-corrected chi connectivity index (χ2v) is 4.14. The van der Waals surface area contributed by atoms with Crippen LogP contribution in [-0.4, -0.2) is 9.97 Å². The minimum absolute atomic E-state index is 0.103. The van der Waals surface area contributed by atoms with Crippen LogP contribution in [-0.2, 0) is 0 Å². The molecule has 18 heavy (non-hydrogen) atoms. The fraction of sp³-hybridized carbons (Fsp3) is 0.143. The highest BCUT2D eigenvalue weighted by atomic mass is 16.4. The Labute approximate surface area is 105 Å². The van der Waals surface area contributed by atoms with Crippen molar-refractivity contribution in [3.8, 4) is 0 Å². The molecule has 1 N–H and O–H groups in total. The molecular weight excluding hydrogens is 226 g/mol. The maximum Gasteiger partial charge on any atom is 0.296 e. The first kappa shape index (κ1) is 10.8. The van der Waals surface area contributed by atoms with Crippen molar-refractivity contribution in [3.05, 3.63) is 54.4 Å². The monoisotopic (exact) mass is 239 g/mol. The van der Waals surface area contributed by atoms with Gasteiger partial charge >= 0.3 is 0 Å². The number of anilines is 1. The van der Waals surface area contributed by atoms with Crippen LogP contribution in [0.25, 0.3) is 11.1 Å². The summed E-state index contributed by atoms with van der Waals surface area (Å²) in [7, 11) is 0. The van der Waals surface area contributed by atoms with Crippen molar-refractivity contribution in [2.24, 2.45) is 0 Å². The summed E-state index contributed by atoms with van der Waals surface area (Å²) in [6, 6.07) is 12.3. The number of hydrogen-bond donors (Lipinski definition) is 1. The average molecular weight is 239 g/mol. The maximum absolute atomic E-state index is 5.62. The molecule has 1 atom stereocenters. The number of hydrogen-bond acceptors (Lipinski definition) is 4. The first-order valence-corrected chi connectivity index (χ1v) is 5.85. The number of pyridine rings is 1. The Bertz CT molecular complexity index is 615. The highest BCUT2D eigenvalue weighted by Crippen LogP contribution is 2.22. The van der Waals surface area contributed by atoms with Crippen molar-refractivity contribution in [1.82, 2.24) is 9.97 Å². The molecule has 0 spiro atoms. The average Bonchev–Trinajstić information content (AvgIpc) is 2.82. The number of fused-ring (bicyclic) bond motifs is 1. The third-order valence-electron chi connectivity index (χ3n) is 2.82. The van der Waals surface area contributed by atoms with Crippen LogP contribution >= 0.6 is 0 Å². The zero-order valence-corrected chi connectivity index (χ0v) is 10.00. The Hall–Kier alpha value is -2.36. The van der Waals surface area contributed by atoms with Crippen molar-refractivity contribution >= 4 is 17.1 Å². The molecule has 90 valence electrons. The molecule has 1 unspecified atom stereocenters. The minimum atomic E-state index is 0.103. The number of benzene rings is 1. The van der Waals surface area contributed by atoms with Gasteiger partial charge in [0.25, 0.3) is 6.01 Å². The van der Waals surface area contributed by atoms with Gasteiger partial charge in [0.05, 0.1) is 6.04 Å². The van der Waals surface area contributed by atoms with E-state index in [9.17, 15) is 0 Å². The molecule has 3 aromatic rings. The molecule has 0 aliphatic rings. The largest absolute Gasteiger partial charge is 0.424 e. The molecule has 4 heteroatoms. The third kappa shape index (κ3) is 2.05. The van der Waals surface area contributed by atoms with Crippen LogP contribution in [0.4, 0.5) is 6.01 Å². The van der Waals surface area contributed by atoms with Gasteiger partial charge in [-0.2, -0.15) is 4.98 Å². The van der Waals surface area contributed by atoms with Crippen LogP contribution in [0.5, 0.6) is 0 Å². The van der Waals surface area contributed by atoms with Crippen LogP contribution in [0, 0.1) is 0 Å². The highest BCUT2D eigenvalue weighted by Gasteiger charge is 2.09. The number of para-hydroxylation sites is 2. The number of oxazole rings is 1. The van der Waals surface area contributed by atoms with E-state index in [0.717, 1.165) is 16.7 Å². The Morgan fingerprint density at radius 1 is 1.17 bits per heavy atom. The van der Waals surface area contributed by atoms with E-state index in [2.05, 4.69) is 15.3 Å². The van der Waals surface area contributed by atoms with E-state index in [0.29, 0.717) is 6.01 Å². The predicted octanol–water partition coefficient (Wildman–Crippen LogP) is 3.40. The Balaban J connectivity index is 1.84. The zero-order chi connectivity index (χ0) is 12.4. The van der Waals surface area contributed by atoms with Crippen molar-refractivity contribution in [1.29, 1.82) is 0 Å². The molecule has 0 aliphatic carbocycles.